The molecule has 3 aromatic rings. The number of rotatable bonds is 7. The van der Waals surface area contributed by atoms with Crippen molar-refractivity contribution in [1.29, 1.82) is 0 Å². The van der Waals surface area contributed by atoms with Crippen LogP contribution in [0.5, 0.6) is 0 Å². The highest BCUT2D eigenvalue weighted by molar-refractivity contribution is 5.79. The van der Waals surface area contributed by atoms with E-state index in [4.69, 9.17) is 4.98 Å². The number of pyridine rings is 1. The Morgan fingerprint density at radius 3 is 2.84 bits per heavy atom. The van der Waals surface area contributed by atoms with E-state index < -0.39 is 0 Å². The summed E-state index contributed by atoms with van der Waals surface area (Å²) >= 11 is 0. The summed E-state index contributed by atoms with van der Waals surface area (Å²) in [5.41, 5.74) is 3.30. The van der Waals surface area contributed by atoms with Crippen LogP contribution in [0, 0.1) is 6.92 Å². The maximum Gasteiger partial charge on any atom is 0.190 e. The molecule has 0 saturated heterocycles. The maximum absolute atomic E-state index is 4.69. The highest BCUT2D eigenvalue weighted by Crippen LogP contribution is 2.09. The first-order valence-electron chi connectivity index (χ1n) is 8.61. The zero-order chi connectivity index (χ0) is 17.5. The van der Waals surface area contributed by atoms with E-state index in [2.05, 4.69) is 44.3 Å². The second kappa shape index (κ2) is 8.32. The van der Waals surface area contributed by atoms with Gasteiger partial charge in [0.05, 0.1) is 5.69 Å². The van der Waals surface area contributed by atoms with Crippen LogP contribution >= 0.6 is 0 Å². The molecule has 0 spiro atoms. The third-order valence-electron chi connectivity index (χ3n) is 4.04. The minimum atomic E-state index is 0.793. The van der Waals surface area contributed by atoms with Gasteiger partial charge in [-0.05, 0) is 31.0 Å². The summed E-state index contributed by atoms with van der Waals surface area (Å²) in [6.45, 7) is 4.63. The van der Waals surface area contributed by atoms with Gasteiger partial charge in [-0.25, -0.2) is 4.98 Å². The van der Waals surface area contributed by atoms with Crippen molar-refractivity contribution in [2.75, 3.05) is 20.1 Å². The van der Waals surface area contributed by atoms with E-state index in [1.807, 2.05) is 29.2 Å². The van der Waals surface area contributed by atoms with E-state index in [0.29, 0.717) is 0 Å². The number of aromatic nitrogens is 4. The van der Waals surface area contributed by atoms with Gasteiger partial charge in [-0.1, -0.05) is 6.07 Å². The lowest BCUT2D eigenvalue weighted by Gasteiger charge is -2.11. The molecule has 0 atom stereocenters. The third-order valence-corrected chi connectivity index (χ3v) is 4.04. The molecule has 0 unspecified atom stereocenters. The van der Waals surface area contributed by atoms with Crippen molar-refractivity contribution in [3.05, 3.63) is 54.2 Å². The second-order valence-corrected chi connectivity index (χ2v) is 5.95. The average Bonchev–Trinajstić information content (AvgIpc) is 3.27. The Balaban J connectivity index is 1.40. The summed E-state index contributed by atoms with van der Waals surface area (Å²) in [5, 5.41) is 10.9. The Bertz CT molecular complexity index is 817. The Hall–Kier alpha value is -2.83. The van der Waals surface area contributed by atoms with Crippen LogP contribution in [0.1, 0.15) is 17.7 Å². The number of hydrogen-bond donors (Lipinski definition) is 2. The molecule has 0 aliphatic rings. The molecule has 3 heterocycles. The number of guanidine groups is 1. The number of nitrogens with one attached hydrogen (secondary N) is 2. The van der Waals surface area contributed by atoms with Gasteiger partial charge in [0, 0.05) is 57.9 Å². The van der Waals surface area contributed by atoms with E-state index in [9.17, 15) is 0 Å². The second-order valence-electron chi connectivity index (χ2n) is 5.95. The van der Waals surface area contributed by atoms with Gasteiger partial charge in [-0.3, -0.25) is 9.67 Å². The minimum Gasteiger partial charge on any atom is -0.356 e. The van der Waals surface area contributed by atoms with E-state index >= 15 is 0 Å². The van der Waals surface area contributed by atoms with Crippen LogP contribution in [0.15, 0.2) is 48.0 Å². The predicted octanol–water partition coefficient (Wildman–Crippen LogP) is 1.64. The Labute approximate surface area is 147 Å². The predicted molar refractivity (Wildman–Crippen MR) is 99.8 cm³/mol. The third kappa shape index (κ3) is 4.59. The molecule has 0 aliphatic carbocycles. The summed E-state index contributed by atoms with van der Waals surface area (Å²) in [7, 11) is 1.79. The van der Waals surface area contributed by atoms with Crippen LogP contribution in [0.3, 0.4) is 0 Å². The molecule has 0 aliphatic heterocycles. The van der Waals surface area contributed by atoms with Gasteiger partial charge in [-0.15, -0.1) is 0 Å². The molecular formula is C18H25N7. The van der Waals surface area contributed by atoms with E-state index in [1.54, 1.807) is 13.2 Å². The van der Waals surface area contributed by atoms with Crippen LogP contribution < -0.4 is 10.6 Å². The maximum atomic E-state index is 4.69. The van der Waals surface area contributed by atoms with Gasteiger partial charge in [0.1, 0.15) is 5.65 Å². The molecule has 0 saturated carbocycles. The molecule has 132 valence electrons. The van der Waals surface area contributed by atoms with Crippen LogP contribution in [0.2, 0.25) is 0 Å². The zero-order valence-electron chi connectivity index (χ0n) is 14.8. The molecule has 2 N–H and O–H groups in total. The summed E-state index contributed by atoms with van der Waals surface area (Å²) in [5.74, 6) is 0.820. The van der Waals surface area contributed by atoms with E-state index in [0.717, 1.165) is 49.8 Å². The Morgan fingerprint density at radius 2 is 2.08 bits per heavy atom. The number of aryl methyl sites for hydroxylation is 2. The van der Waals surface area contributed by atoms with Gasteiger partial charge < -0.3 is 15.0 Å². The lowest BCUT2D eigenvalue weighted by Crippen LogP contribution is -2.39. The fraction of sp³-hybridized carbons (Fsp3) is 0.389. The van der Waals surface area contributed by atoms with Gasteiger partial charge in [0.25, 0.3) is 0 Å². The molecule has 0 amide bonds. The van der Waals surface area contributed by atoms with Crippen LogP contribution in [-0.2, 0) is 13.0 Å². The first kappa shape index (κ1) is 17.0. The van der Waals surface area contributed by atoms with Crippen molar-refractivity contribution in [1.82, 2.24) is 29.8 Å². The zero-order valence-corrected chi connectivity index (χ0v) is 14.8. The smallest absolute Gasteiger partial charge is 0.190 e. The number of imidazole rings is 1. The molecule has 3 rings (SSSR count). The van der Waals surface area contributed by atoms with Crippen molar-refractivity contribution in [2.45, 2.75) is 26.3 Å². The van der Waals surface area contributed by atoms with Crippen LogP contribution in [-0.4, -0.2) is 45.3 Å². The summed E-state index contributed by atoms with van der Waals surface area (Å²) in [6, 6.07) is 6.06. The molecule has 25 heavy (non-hydrogen) atoms. The fourth-order valence-electron chi connectivity index (χ4n) is 2.73. The molecule has 3 aromatic heterocycles. The lowest BCUT2D eigenvalue weighted by atomic mass is 10.3. The van der Waals surface area contributed by atoms with Crippen LogP contribution in [0.4, 0.5) is 0 Å². The average molecular weight is 339 g/mol. The Kier molecular flexibility index (Phi) is 5.66. The standard InChI is InChI=1S/C18H25N7/c1-15-6-3-11-24-14-16(23-17(15)24)7-10-21-18(19-2)20-8-4-12-25-13-5-9-22-25/h3,5-6,9,11,13-14H,4,7-8,10,12H2,1-2H3,(H2,19,20,21). The van der Waals surface area contributed by atoms with Crippen LogP contribution in [0.25, 0.3) is 5.65 Å². The molecule has 7 heteroatoms. The summed E-state index contributed by atoms with van der Waals surface area (Å²) in [6.07, 6.45) is 9.75. The number of nitrogens with zero attached hydrogens (tertiary/aromatic N) is 5. The first-order chi connectivity index (χ1) is 12.3. The SMILES string of the molecule is CN=C(NCCCn1cccn1)NCCc1cn2cccc(C)c2n1. The van der Waals surface area contributed by atoms with Gasteiger partial charge in [0.2, 0.25) is 0 Å². The fourth-order valence-corrected chi connectivity index (χ4v) is 2.73. The molecule has 0 radical (unpaired) electrons. The largest absolute Gasteiger partial charge is 0.356 e. The topological polar surface area (TPSA) is 71.5 Å². The molecule has 0 aromatic carbocycles. The van der Waals surface area contributed by atoms with Crippen molar-refractivity contribution in [2.24, 2.45) is 4.99 Å². The molecule has 7 nitrogen and oxygen atoms in total. The lowest BCUT2D eigenvalue weighted by molar-refractivity contribution is 0.570. The summed E-state index contributed by atoms with van der Waals surface area (Å²) < 4.78 is 4.01. The highest BCUT2D eigenvalue weighted by atomic mass is 15.3. The number of hydrogen-bond acceptors (Lipinski definition) is 3. The van der Waals surface area contributed by atoms with Crippen molar-refractivity contribution < 1.29 is 0 Å². The van der Waals surface area contributed by atoms with E-state index in [1.165, 1.54) is 5.56 Å². The molecule has 0 fully saturated rings. The van der Waals surface area contributed by atoms with Crippen molar-refractivity contribution >= 4 is 11.6 Å². The van der Waals surface area contributed by atoms with Crippen molar-refractivity contribution in [3.63, 3.8) is 0 Å². The van der Waals surface area contributed by atoms with E-state index in [-0.39, 0.29) is 0 Å². The highest BCUT2D eigenvalue weighted by Gasteiger charge is 2.04. The van der Waals surface area contributed by atoms with Gasteiger partial charge in [0.15, 0.2) is 5.96 Å². The van der Waals surface area contributed by atoms with Gasteiger partial charge in [-0.2, -0.15) is 5.10 Å². The number of fused-ring (bicyclic) bond motifs is 1. The number of aliphatic imine (C=N–C) groups is 1. The summed E-state index contributed by atoms with van der Waals surface area (Å²) in [4.78, 5) is 8.95. The molecule has 0 bridgehead atoms. The monoisotopic (exact) mass is 339 g/mol. The first-order valence-corrected chi connectivity index (χ1v) is 8.61. The normalized spacial score (nSPS) is 11.8. The quantitative estimate of drug-likeness (QED) is 0.390. The van der Waals surface area contributed by atoms with Crippen molar-refractivity contribution in [3.8, 4) is 0 Å². The molecular weight excluding hydrogens is 314 g/mol. The van der Waals surface area contributed by atoms with Gasteiger partial charge >= 0.3 is 0 Å². The minimum absolute atomic E-state index is 0.793. The Morgan fingerprint density at radius 1 is 1.20 bits per heavy atom.